The van der Waals surface area contributed by atoms with Crippen molar-refractivity contribution in [2.45, 2.75) is 6.55 Å². The maximum Gasteiger partial charge on any atom is 0.497 e. The van der Waals surface area contributed by atoms with Crippen LogP contribution in [-0.2, 0) is 18.1 Å². The fraction of sp³-hybridized carbons (Fsp3) is 0.800. The second kappa shape index (κ2) is 4.45. The van der Waals surface area contributed by atoms with Crippen molar-refractivity contribution in [3.05, 3.63) is 0 Å². The van der Waals surface area contributed by atoms with E-state index in [1.165, 1.54) is 14.2 Å². The van der Waals surface area contributed by atoms with Crippen LogP contribution in [0, 0.1) is 0 Å². The van der Waals surface area contributed by atoms with Crippen molar-refractivity contribution in [3.63, 3.8) is 0 Å². The molecule has 0 saturated heterocycles. The van der Waals surface area contributed by atoms with E-state index in [9.17, 15) is 4.79 Å². The Balaban J connectivity index is 3.78. The topological polar surface area (TPSA) is 65.0 Å². The van der Waals surface area contributed by atoms with E-state index in [1.54, 1.807) is 6.55 Å². The van der Waals surface area contributed by atoms with Crippen LogP contribution < -0.4 is 0 Å². The summed E-state index contributed by atoms with van der Waals surface area (Å²) in [5.74, 6) is -1.03. The minimum absolute atomic E-state index is 0.385. The summed E-state index contributed by atoms with van der Waals surface area (Å²) in [4.78, 5) is 10.1. The molecule has 0 bridgehead atoms. The van der Waals surface area contributed by atoms with Gasteiger partial charge in [0, 0.05) is 20.8 Å². The van der Waals surface area contributed by atoms with Crippen LogP contribution in [0.5, 0.6) is 0 Å². The van der Waals surface area contributed by atoms with Gasteiger partial charge < -0.3 is 18.4 Å². The van der Waals surface area contributed by atoms with Crippen LogP contribution in [0.15, 0.2) is 0 Å². The second-order valence-electron chi connectivity index (χ2n) is 1.95. The van der Waals surface area contributed by atoms with Crippen LogP contribution in [0.3, 0.4) is 0 Å². The Morgan fingerprint density at radius 1 is 1.45 bits per heavy atom. The summed E-state index contributed by atoms with van der Waals surface area (Å²) in [6.45, 7) is 1.24. The molecule has 0 aliphatic rings. The Morgan fingerprint density at radius 2 is 1.91 bits per heavy atom. The van der Waals surface area contributed by atoms with Crippen LogP contribution in [0.4, 0.5) is 0 Å². The van der Waals surface area contributed by atoms with Crippen molar-refractivity contribution in [2.75, 3.05) is 20.8 Å². The van der Waals surface area contributed by atoms with Gasteiger partial charge in [-0.3, -0.25) is 0 Å². The molecule has 5 nitrogen and oxygen atoms in total. The minimum Gasteiger partial charge on any atom is -0.480 e. The van der Waals surface area contributed by atoms with Crippen molar-refractivity contribution in [1.82, 2.24) is 0 Å². The first-order chi connectivity index (χ1) is 5.04. The molecule has 0 rings (SSSR count). The number of rotatable bonds is 5. The maximum atomic E-state index is 10.1. The Bertz CT molecular complexity index is 133. The van der Waals surface area contributed by atoms with E-state index in [-0.39, 0.29) is 6.61 Å². The van der Waals surface area contributed by atoms with Crippen LogP contribution in [0.2, 0.25) is 6.55 Å². The highest BCUT2D eigenvalue weighted by Crippen LogP contribution is 2.04. The Hall–Kier alpha value is -0.433. The number of carboxylic acids is 1. The molecule has 0 fully saturated rings. The number of aliphatic carboxylic acids is 1. The molecular weight excluding hydrogens is 168 g/mol. The van der Waals surface area contributed by atoms with E-state index >= 15 is 0 Å². The normalized spacial score (nSPS) is 11.5. The van der Waals surface area contributed by atoms with E-state index in [2.05, 4.69) is 0 Å². The molecule has 0 aromatic carbocycles. The monoisotopic (exact) mass is 180 g/mol. The average Bonchev–Trinajstić information content (AvgIpc) is 2.00. The van der Waals surface area contributed by atoms with E-state index in [0.29, 0.717) is 0 Å². The Labute approximate surface area is 66.2 Å². The van der Waals surface area contributed by atoms with E-state index < -0.39 is 14.8 Å². The summed E-state index contributed by atoms with van der Waals surface area (Å²) in [6, 6.07) is 0. The zero-order valence-corrected chi connectivity index (χ0v) is 7.79. The molecule has 1 N–H and O–H groups in total. The van der Waals surface area contributed by atoms with Crippen molar-refractivity contribution in [3.8, 4) is 0 Å². The molecule has 0 aromatic rings. The SMILES string of the molecule is CO[Si](C)(OC)OCC(=O)O. The molecule has 0 aromatic heterocycles. The first-order valence-corrected chi connectivity index (χ1v) is 5.22. The number of hydrogen-bond acceptors (Lipinski definition) is 4. The lowest BCUT2D eigenvalue weighted by atomic mass is 10.8. The van der Waals surface area contributed by atoms with Crippen LogP contribution in [0.1, 0.15) is 0 Å². The quantitative estimate of drug-likeness (QED) is 0.601. The van der Waals surface area contributed by atoms with Gasteiger partial charge >= 0.3 is 14.8 Å². The summed E-state index contributed by atoms with van der Waals surface area (Å²) < 4.78 is 14.6. The van der Waals surface area contributed by atoms with Gasteiger partial charge in [-0.15, -0.1) is 0 Å². The third-order valence-electron chi connectivity index (χ3n) is 1.20. The fourth-order valence-electron chi connectivity index (χ4n) is 0.394. The van der Waals surface area contributed by atoms with Gasteiger partial charge in [-0.2, -0.15) is 0 Å². The minimum atomic E-state index is -2.64. The van der Waals surface area contributed by atoms with Crippen molar-refractivity contribution >= 4 is 14.8 Å². The van der Waals surface area contributed by atoms with Crippen LogP contribution in [0.25, 0.3) is 0 Å². The summed E-state index contributed by atoms with van der Waals surface area (Å²) in [7, 11) is 0.215. The van der Waals surface area contributed by atoms with Gasteiger partial charge in [0.1, 0.15) is 6.61 Å². The zero-order valence-electron chi connectivity index (χ0n) is 6.79. The van der Waals surface area contributed by atoms with Gasteiger partial charge in [0.05, 0.1) is 0 Å². The third-order valence-corrected chi connectivity index (χ3v) is 3.35. The molecule has 0 aliphatic carbocycles. The van der Waals surface area contributed by atoms with Gasteiger partial charge in [-0.1, -0.05) is 0 Å². The van der Waals surface area contributed by atoms with Crippen LogP contribution >= 0.6 is 0 Å². The van der Waals surface area contributed by atoms with Crippen molar-refractivity contribution in [2.24, 2.45) is 0 Å². The first kappa shape index (κ1) is 10.6. The molecule has 0 heterocycles. The largest absolute Gasteiger partial charge is 0.497 e. The molecule has 0 amide bonds. The molecular formula is C5H12O5Si. The van der Waals surface area contributed by atoms with Gasteiger partial charge in [0.25, 0.3) is 0 Å². The molecule has 0 radical (unpaired) electrons. The lowest BCUT2D eigenvalue weighted by Crippen LogP contribution is -2.41. The predicted molar refractivity (Wildman–Crippen MR) is 39.2 cm³/mol. The molecule has 0 atom stereocenters. The smallest absolute Gasteiger partial charge is 0.480 e. The molecule has 0 spiro atoms. The average molecular weight is 180 g/mol. The van der Waals surface area contributed by atoms with E-state index in [4.69, 9.17) is 18.4 Å². The number of carbonyl (C=O) groups is 1. The Morgan fingerprint density at radius 3 is 2.18 bits per heavy atom. The van der Waals surface area contributed by atoms with E-state index in [1.807, 2.05) is 0 Å². The van der Waals surface area contributed by atoms with Crippen molar-refractivity contribution in [1.29, 1.82) is 0 Å². The lowest BCUT2D eigenvalue weighted by molar-refractivity contribution is -0.140. The molecule has 0 aliphatic heterocycles. The van der Waals surface area contributed by atoms with Gasteiger partial charge in [-0.25, -0.2) is 4.79 Å². The molecule has 11 heavy (non-hydrogen) atoms. The molecule has 66 valence electrons. The van der Waals surface area contributed by atoms with Gasteiger partial charge in [0.2, 0.25) is 0 Å². The first-order valence-electron chi connectivity index (χ1n) is 3.00. The highest BCUT2D eigenvalue weighted by molar-refractivity contribution is 6.59. The summed E-state index contributed by atoms with van der Waals surface area (Å²) in [5, 5.41) is 8.25. The highest BCUT2D eigenvalue weighted by Gasteiger charge is 2.32. The maximum absolute atomic E-state index is 10.1. The number of hydrogen-bond donors (Lipinski definition) is 1. The summed E-state index contributed by atoms with van der Waals surface area (Å²) in [6.07, 6.45) is 0. The predicted octanol–water partition coefficient (Wildman–Crippen LogP) is -0.0509. The standard InChI is InChI=1S/C5H12O5Si/c1-8-11(3,9-2)10-4-5(6)7/h4H2,1-3H3,(H,6,7). The molecule has 6 heteroatoms. The van der Waals surface area contributed by atoms with Gasteiger partial charge in [-0.05, 0) is 0 Å². The summed E-state index contributed by atoms with van der Waals surface area (Å²) >= 11 is 0. The Kier molecular flexibility index (Phi) is 4.27. The van der Waals surface area contributed by atoms with E-state index in [0.717, 1.165) is 0 Å². The van der Waals surface area contributed by atoms with Crippen molar-refractivity contribution < 1.29 is 23.2 Å². The number of carboxylic acid groups (broad SMARTS) is 1. The van der Waals surface area contributed by atoms with Crippen LogP contribution in [-0.4, -0.2) is 40.7 Å². The molecule has 0 unspecified atom stereocenters. The summed E-state index contributed by atoms with van der Waals surface area (Å²) in [5.41, 5.74) is 0. The lowest BCUT2D eigenvalue weighted by Gasteiger charge is -2.20. The van der Waals surface area contributed by atoms with Gasteiger partial charge in [0.15, 0.2) is 0 Å². The molecule has 0 saturated carbocycles. The second-order valence-corrected chi connectivity index (χ2v) is 4.78. The highest BCUT2D eigenvalue weighted by atomic mass is 28.4. The third kappa shape index (κ3) is 4.09. The fourth-order valence-corrected chi connectivity index (χ4v) is 1.18. The zero-order chi connectivity index (χ0) is 8.91.